The predicted molar refractivity (Wildman–Crippen MR) is 49.2 cm³/mol. The molecule has 2 aliphatic rings. The molecule has 0 radical (unpaired) electrons. The lowest BCUT2D eigenvalue weighted by molar-refractivity contribution is -0.0617. The molecule has 76 valence electrons. The third kappa shape index (κ3) is 1.60. The van der Waals surface area contributed by atoms with Crippen molar-refractivity contribution in [1.82, 2.24) is 4.90 Å². The molecule has 5 heteroatoms. The Kier molecular flexibility index (Phi) is 2.13. The van der Waals surface area contributed by atoms with Crippen LogP contribution in [0.1, 0.15) is 12.8 Å². The third-order valence-corrected chi connectivity index (χ3v) is 4.76. The summed E-state index contributed by atoms with van der Waals surface area (Å²) in [6.07, 6.45) is 1.58. The van der Waals surface area contributed by atoms with E-state index in [-0.39, 0.29) is 5.75 Å². The Morgan fingerprint density at radius 1 is 1.46 bits per heavy atom. The van der Waals surface area contributed by atoms with Gasteiger partial charge in [0.2, 0.25) is 0 Å². The first-order valence-electron chi connectivity index (χ1n) is 4.60. The normalized spacial score (nSPS) is 39.8. The number of sulfone groups is 1. The number of hydrogen-bond acceptors (Lipinski definition) is 4. The highest BCUT2D eigenvalue weighted by molar-refractivity contribution is 7.91. The van der Waals surface area contributed by atoms with Crippen molar-refractivity contribution in [2.75, 3.05) is 31.7 Å². The summed E-state index contributed by atoms with van der Waals surface area (Å²) in [7, 11) is -0.936. The number of rotatable bonds is 0. The summed E-state index contributed by atoms with van der Waals surface area (Å²) in [4.78, 5) is 2.03. The average Bonchev–Trinajstić information content (AvgIpc) is 2.31. The van der Waals surface area contributed by atoms with E-state index in [1.165, 1.54) is 0 Å². The molecule has 2 rings (SSSR count). The largest absolute Gasteiger partial charge is 0.358 e. The molecule has 1 atom stereocenters. The molecule has 4 nitrogen and oxygen atoms in total. The molecule has 0 bridgehead atoms. The zero-order valence-electron chi connectivity index (χ0n) is 7.82. The Morgan fingerprint density at radius 3 is 2.77 bits per heavy atom. The van der Waals surface area contributed by atoms with Gasteiger partial charge in [0.1, 0.15) is 5.72 Å². The minimum absolute atomic E-state index is 0.177. The molecule has 2 heterocycles. The minimum atomic E-state index is -2.87. The fraction of sp³-hybridized carbons (Fsp3) is 1.00. The minimum Gasteiger partial charge on any atom is -0.358 e. The Labute approximate surface area is 78.8 Å². The van der Waals surface area contributed by atoms with E-state index < -0.39 is 15.6 Å². The molecule has 0 saturated carbocycles. The topological polar surface area (TPSA) is 46.6 Å². The standard InChI is InChI=1S/C8H15NO3S/c1-9-4-5-12-8(9)3-2-6-13(10,11)7-8/h2-7H2,1H3. The van der Waals surface area contributed by atoms with Crippen molar-refractivity contribution in [3.8, 4) is 0 Å². The van der Waals surface area contributed by atoms with Gasteiger partial charge in [0.25, 0.3) is 0 Å². The molecule has 0 aliphatic carbocycles. The van der Waals surface area contributed by atoms with Gasteiger partial charge in [-0.2, -0.15) is 0 Å². The van der Waals surface area contributed by atoms with E-state index in [4.69, 9.17) is 4.74 Å². The summed E-state index contributed by atoms with van der Waals surface area (Å²) in [6, 6.07) is 0. The summed E-state index contributed by atoms with van der Waals surface area (Å²) < 4.78 is 28.5. The quantitative estimate of drug-likeness (QED) is 0.552. The van der Waals surface area contributed by atoms with Gasteiger partial charge in [0.05, 0.1) is 18.1 Å². The maximum atomic E-state index is 11.5. The van der Waals surface area contributed by atoms with Gasteiger partial charge in [-0.1, -0.05) is 0 Å². The molecule has 0 aromatic carbocycles. The number of likely N-dealkylation sites (N-methyl/N-ethyl adjacent to an activating group) is 1. The summed E-state index contributed by atoms with van der Waals surface area (Å²) >= 11 is 0. The molecule has 1 spiro atoms. The lowest BCUT2D eigenvalue weighted by atomic mass is 10.1. The molecule has 0 N–H and O–H groups in total. The smallest absolute Gasteiger partial charge is 0.154 e. The molecule has 2 aliphatic heterocycles. The molecule has 0 aromatic heterocycles. The molecule has 0 amide bonds. The van der Waals surface area contributed by atoms with E-state index in [2.05, 4.69) is 0 Å². The zero-order chi connectivity index (χ0) is 9.53. The second-order valence-corrected chi connectivity index (χ2v) is 6.10. The number of hydrogen-bond donors (Lipinski definition) is 0. The zero-order valence-corrected chi connectivity index (χ0v) is 8.64. The highest BCUT2D eigenvalue weighted by Gasteiger charge is 2.46. The highest BCUT2D eigenvalue weighted by Crippen LogP contribution is 2.32. The first-order chi connectivity index (χ1) is 6.04. The summed E-state index contributed by atoms with van der Waals surface area (Å²) in [5.74, 6) is 0.502. The van der Waals surface area contributed by atoms with Crippen molar-refractivity contribution in [2.45, 2.75) is 18.6 Å². The van der Waals surface area contributed by atoms with Crippen LogP contribution in [0.25, 0.3) is 0 Å². The summed E-state index contributed by atoms with van der Waals surface area (Å²) in [5.41, 5.74) is -0.489. The van der Waals surface area contributed by atoms with Crippen molar-refractivity contribution in [1.29, 1.82) is 0 Å². The van der Waals surface area contributed by atoms with Crippen LogP contribution in [-0.4, -0.2) is 50.7 Å². The fourth-order valence-corrected chi connectivity index (χ4v) is 4.02. The van der Waals surface area contributed by atoms with Crippen molar-refractivity contribution >= 4 is 9.84 Å². The molecular weight excluding hydrogens is 190 g/mol. The van der Waals surface area contributed by atoms with E-state index in [9.17, 15) is 8.42 Å². The van der Waals surface area contributed by atoms with Gasteiger partial charge in [0, 0.05) is 6.54 Å². The van der Waals surface area contributed by atoms with Crippen LogP contribution in [0, 0.1) is 0 Å². The van der Waals surface area contributed by atoms with E-state index in [0.717, 1.165) is 19.4 Å². The monoisotopic (exact) mass is 205 g/mol. The summed E-state index contributed by atoms with van der Waals surface area (Å²) in [6.45, 7) is 1.50. The maximum Gasteiger partial charge on any atom is 0.154 e. The molecule has 1 unspecified atom stereocenters. The Balaban J connectivity index is 2.23. The van der Waals surface area contributed by atoms with Gasteiger partial charge in [-0.15, -0.1) is 0 Å². The molecular formula is C8H15NO3S. The molecule has 2 fully saturated rings. The SMILES string of the molecule is CN1CCOC12CCCS(=O)(=O)C2. The first-order valence-corrected chi connectivity index (χ1v) is 6.42. The second kappa shape index (κ2) is 2.93. The first kappa shape index (κ1) is 9.43. The molecule has 2 saturated heterocycles. The lowest BCUT2D eigenvalue weighted by Crippen LogP contribution is -2.51. The van der Waals surface area contributed by atoms with E-state index in [0.29, 0.717) is 12.4 Å². The van der Waals surface area contributed by atoms with E-state index >= 15 is 0 Å². The van der Waals surface area contributed by atoms with Crippen LogP contribution >= 0.6 is 0 Å². The van der Waals surface area contributed by atoms with Crippen molar-refractivity contribution in [3.63, 3.8) is 0 Å². The van der Waals surface area contributed by atoms with Crippen LogP contribution in [-0.2, 0) is 14.6 Å². The van der Waals surface area contributed by atoms with Gasteiger partial charge < -0.3 is 4.74 Å². The van der Waals surface area contributed by atoms with Crippen molar-refractivity contribution in [3.05, 3.63) is 0 Å². The van der Waals surface area contributed by atoms with Crippen molar-refractivity contribution < 1.29 is 13.2 Å². The van der Waals surface area contributed by atoms with Gasteiger partial charge in [-0.05, 0) is 19.9 Å². The van der Waals surface area contributed by atoms with Crippen LogP contribution in [0.3, 0.4) is 0 Å². The Hall–Kier alpha value is -0.130. The van der Waals surface area contributed by atoms with Gasteiger partial charge in [0.15, 0.2) is 9.84 Å². The van der Waals surface area contributed by atoms with Crippen molar-refractivity contribution in [2.24, 2.45) is 0 Å². The van der Waals surface area contributed by atoms with Crippen LogP contribution in [0.4, 0.5) is 0 Å². The van der Waals surface area contributed by atoms with Crippen LogP contribution < -0.4 is 0 Å². The predicted octanol–water partition coefficient (Wildman–Crippen LogP) is -0.147. The molecule has 13 heavy (non-hydrogen) atoms. The van der Waals surface area contributed by atoms with Gasteiger partial charge >= 0.3 is 0 Å². The number of ether oxygens (including phenoxy) is 1. The van der Waals surface area contributed by atoms with E-state index in [1.54, 1.807) is 0 Å². The fourth-order valence-electron chi connectivity index (χ4n) is 2.16. The maximum absolute atomic E-state index is 11.5. The lowest BCUT2D eigenvalue weighted by Gasteiger charge is -2.37. The van der Waals surface area contributed by atoms with Crippen LogP contribution in [0.15, 0.2) is 0 Å². The third-order valence-electron chi connectivity index (χ3n) is 2.96. The van der Waals surface area contributed by atoms with Gasteiger partial charge in [-0.3, -0.25) is 4.90 Å². The van der Waals surface area contributed by atoms with Gasteiger partial charge in [-0.25, -0.2) is 8.42 Å². The second-order valence-electron chi connectivity index (χ2n) is 3.91. The summed E-state index contributed by atoms with van der Waals surface area (Å²) in [5, 5.41) is 0. The number of nitrogens with zero attached hydrogens (tertiary/aromatic N) is 1. The van der Waals surface area contributed by atoms with Crippen LogP contribution in [0.2, 0.25) is 0 Å². The highest BCUT2D eigenvalue weighted by atomic mass is 32.2. The van der Waals surface area contributed by atoms with E-state index in [1.807, 2.05) is 11.9 Å². The van der Waals surface area contributed by atoms with Crippen LogP contribution in [0.5, 0.6) is 0 Å². The molecule has 0 aromatic rings. The Bertz CT molecular complexity index is 301. The average molecular weight is 205 g/mol. The Morgan fingerprint density at radius 2 is 2.23 bits per heavy atom.